The summed E-state index contributed by atoms with van der Waals surface area (Å²) in [4.78, 5) is 29.3. The molecule has 1 aliphatic heterocycles. The second-order valence-electron chi connectivity index (χ2n) is 5.76. The zero-order chi connectivity index (χ0) is 16.0. The Morgan fingerprint density at radius 3 is 2.43 bits per heavy atom. The Hall–Kier alpha value is -1.47. The maximum absolute atomic E-state index is 12.0. The Kier molecular flexibility index (Phi) is 6.29. The van der Waals surface area contributed by atoms with Gasteiger partial charge >= 0.3 is 6.09 Å². The van der Waals surface area contributed by atoms with Crippen LogP contribution in [0.3, 0.4) is 0 Å². The van der Waals surface area contributed by atoms with Gasteiger partial charge in [0.1, 0.15) is 5.60 Å². The fraction of sp³-hybridized carbons (Fsp3) is 0.786. The van der Waals surface area contributed by atoms with Crippen molar-refractivity contribution < 1.29 is 23.8 Å². The molecule has 0 unspecified atom stereocenters. The monoisotopic (exact) mass is 300 g/mol. The average Bonchev–Trinajstić information content (AvgIpc) is 2.37. The maximum Gasteiger partial charge on any atom is 0.417 e. The molecule has 1 fully saturated rings. The first-order valence-electron chi connectivity index (χ1n) is 6.88. The SMILES string of the molecule is COC(C/N=C1/CCN(C(=O)OC(C)(C)C)C(=O)C1)OC. The van der Waals surface area contributed by atoms with Gasteiger partial charge in [-0.2, -0.15) is 0 Å². The zero-order valence-corrected chi connectivity index (χ0v) is 13.3. The molecule has 1 rings (SSSR count). The lowest BCUT2D eigenvalue weighted by atomic mass is 10.1. The van der Waals surface area contributed by atoms with Gasteiger partial charge in [0.05, 0.1) is 13.0 Å². The number of nitrogens with zero attached hydrogens (tertiary/aromatic N) is 2. The number of carbonyl (C=O) groups excluding carboxylic acids is 2. The van der Waals surface area contributed by atoms with Crippen LogP contribution < -0.4 is 0 Å². The minimum Gasteiger partial charge on any atom is -0.443 e. The van der Waals surface area contributed by atoms with Crippen molar-refractivity contribution in [2.24, 2.45) is 4.99 Å². The van der Waals surface area contributed by atoms with Crippen LogP contribution in [0.2, 0.25) is 0 Å². The molecule has 2 amide bonds. The third-order valence-electron chi connectivity index (χ3n) is 2.88. The highest BCUT2D eigenvalue weighted by atomic mass is 16.7. The molecule has 1 heterocycles. The van der Waals surface area contributed by atoms with Crippen LogP contribution in [0.1, 0.15) is 33.6 Å². The summed E-state index contributed by atoms with van der Waals surface area (Å²) in [5.74, 6) is -0.291. The molecule has 120 valence electrons. The summed E-state index contributed by atoms with van der Waals surface area (Å²) in [6, 6.07) is 0. The molecule has 7 heteroatoms. The van der Waals surface area contributed by atoms with Crippen LogP contribution in [0.4, 0.5) is 4.79 Å². The van der Waals surface area contributed by atoms with Crippen LogP contribution in [0, 0.1) is 0 Å². The van der Waals surface area contributed by atoms with E-state index >= 15 is 0 Å². The predicted octanol–water partition coefficient (Wildman–Crippen LogP) is 1.60. The van der Waals surface area contributed by atoms with E-state index in [1.165, 1.54) is 14.2 Å². The van der Waals surface area contributed by atoms with Crippen LogP contribution in [-0.4, -0.2) is 61.8 Å². The Labute approximate surface area is 125 Å². The highest BCUT2D eigenvalue weighted by molar-refractivity contribution is 6.07. The van der Waals surface area contributed by atoms with E-state index in [9.17, 15) is 9.59 Å². The van der Waals surface area contributed by atoms with Gasteiger partial charge in [-0.25, -0.2) is 9.69 Å². The first-order chi connectivity index (χ1) is 9.76. The number of likely N-dealkylation sites (tertiary alicyclic amines) is 1. The molecule has 0 aliphatic carbocycles. The van der Waals surface area contributed by atoms with Crippen molar-refractivity contribution in [1.29, 1.82) is 0 Å². The van der Waals surface area contributed by atoms with Crippen LogP contribution in [-0.2, 0) is 19.0 Å². The molecular formula is C14H24N2O5. The summed E-state index contributed by atoms with van der Waals surface area (Å²) in [6.07, 6.45) is -0.348. The fourth-order valence-electron chi connectivity index (χ4n) is 1.82. The van der Waals surface area contributed by atoms with Crippen molar-refractivity contribution in [1.82, 2.24) is 4.90 Å². The third kappa shape index (κ3) is 5.81. The van der Waals surface area contributed by atoms with Gasteiger partial charge in [-0.1, -0.05) is 0 Å². The lowest BCUT2D eigenvalue weighted by molar-refractivity contribution is -0.129. The molecule has 0 bridgehead atoms. The minimum atomic E-state index is -0.615. The highest BCUT2D eigenvalue weighted by Gasteiger charge is 2.31. The van der Waals surface area contributed by atoms with Crippen LogP contribution in [0.5, 0.6) is 0 Å². The van der Waals surface area contributed by atoms with E-state index in [-0.39, 0.29) is 18.9 Å². The van der Waals surface area contributed by atoms with Crippen LogP contribution in [0.25, 0.3) is 0 Å². The quantitative estimate of drug-likeness (QED) is 0.737. The van der Waals surface area contributed by atoms with Crippen LogP contribution >= 0.6 is 0 Å². The molecule has 1 aliphatic rings. The Balaban J connectivity index is 2.56. The number of methoxy groups -OCH3 is 2. The number of aliphatic imine (C=N–C) groups is 1. The van der Waals surface area contributed by atoms with Gasteiger partial charge in [0, 0.05) is 32.9 Å². The topological polar surface area (TPSA) is 77.4 Å². The summed E-state index contributed by atoms with van der Waals surface area (Å²) in [5, 5.41) is 0. The number of carbonyl (C=O) groups is 2. The summed E-state index contributed by atoms with van der Waals surface area (Å²) < 4.78 is 15.3. The first-order valence-corrected chi connectivity index (χ1v) is 6.88. The molecule has 0 spiro atoms. The Bertz CT molecular complexity index is 410. The van der Waals surface area contributed by atoms with E-state index in [1.54, 1.807) is 20.8 Å². The number of amides is 2. The van der Waals surface area contributed by atoms with Gasteiger partial charge in [0.15, 0.2) is 6.29 Å². The fourth-order valence-corrected chi connectivity index (χ4v) is 1.82. The van der Waals surface area contributed by atoms with Crippen molar-refractivity contribution in [3.8, 4) is 0 Å². The van der Waals surface area contributed by atoms with E-state index in [4.69, 9.17) is 14.2 Å². The molecule has 7 nitrogen and oxygen atoms in total. The van der Waals surface area contributed by atoms with Crippen molar-refractivity contribution >= 4 is 17.7 Å². The lowest BCUT2D eigenvalue weighted by Gasteiger charge is -2.29. The van der Waals surface area contributed by atoms with Crippen LogP contribution in [0.15, 0.2) is 4.99 Å². The number of piperidine rings is 1. The predicted molar refractivity (Wildman–Crippen MR) is 77.3 cm³/mol. The van der Waals surface area contributed by atoms with Gasteiger partial charge in [-0.3, -0.25) is 9.79 Å². The normalized spacial score (nSPS) is 18.5. The highest BCUT2D eigenvalue weighted by Crippen LogP contribution is 2.15. The summed E-state index contributed by atoms with van der Waals surface area (Å²) in [6.45, 7) is 5.92. The molecule has 0 atom stereocenters. The van der Waals surface area contributed by atoms with E-state index in [2.05, 4.69) is 4.99 Å². The van der Waals surface area contributed by atoms with Gasteiger partial charge < -0.3 is 14.2 Å². The Morgan fingerprint density at radius 1 is 1.33 bits per heavy atom. The van der Waals surface area contributed by atoms with Gasteiger partial charge in [0.2, 0.25) is 5.91 Å². The maximum atomic E-state index is 12.0. The second-order valence-corrected chi connectivity index (χ2v) is 5.76. The largest absolute Gasteiger partial charge is 0.443 e. The molecule has 0 aromatic carbocycles. The van der Waals surface area contributed by atoms with Crippen molar-refractivity contribution in [2.75, 3.05) is 27.3 Å². The van der Waals surface area contributed by atoms with Gasteiger partial charge in [0.25, 0.3) is 0 Å². The first kappa shape index (κ1) is 17.6. The molecule has 21 heavy (non-hydrogen) atoms. The number of hydrogen-bond donors (Lipinski definition) is 0. The molecule has 0 aromatic rings. The van der Waals surface area contributed by atoms with Gasteiger partial charge in [-0.15, -0.1) is 0 Å². The van der Waals surface area contributed by atoms with E-state index in [0.717, 1.165) is 10.6 Å². The number of hydrogen-bond acceptors (Lipinski definition) is 6. The molecular weight excluding hydrogens is 276 g/mol. The number of imide groups is 1. The summed E-state index contributed by atoms with van der Waals surface area (Å²) >= 11 is 0. The van der Waals surface area contributed by atoms with Crippen molar-refractivity contribution in [3.63, 3.8) is 0 Å². The molecule has 1 saturated heterocycles. The summed E-state index contributed by atoms with van der Waals surface area (Å²) in [5.41, 5.74) is 0.134. The lowest BCUT2D eigenvalue weighted by Crippen LogP contribution is -2.45. The third-order valence-corrected chi connectivity index (χ3v) is 2.88. The molecule has 0 aromatic heterocycles. The minimum absolute atomic E-state index is 0.124. The Morgan fingerprint density at radius 2 is 1.95 bits per heavy atom. The summed E-state index contributed by atoms with van der Waals surface area (Å²) in [7, 11) is 3.06. The molecule has 0 radical (unpaired) electrons. The standard InChI is InChI=1S/C14H24N2O5/c1-14(2,3)21-13(18)16-7-6-10(8-11(16)17)15-9-12(19-4)20-5/h12H,6-9H2,1-5H3/b15-10-. The number of rotatable bonds is 4. The smallest absolute Gasteiger partial charge is 0.417 e. The van der Waals surface area contributed by atoms with E-state index in [0.29, 0.717) is 13.0 Å². The number of ether oxygens (including phenoxy) is 3. The molecule has 0 N–H and O–H groups in total. The van der Waals surface area contributed by atoms with Crippen molar-refractivity contribution in [3.05, 3.63) is 0 Å². The molecule has 0 saturated carbocycles. The van der Waals surface area contributed by atoms with Gasteiger partial charge in [-0.05, 0) is 20.8 Å². The second kappa shape index (κ2) is 7.51. The van der Waals surface area contributed by atoms with E-state index < -0.39 is 18.0 Å². The zero-order valence-electron chi connectivity index (χ0n) is 13.3. The van der Waals surface area contributed by atoms with E-state index in [1.807, 2.05) is 0 Å². The van der Waals surface area contributed by atoms with Crippen molar-refractivity contribution in [2.45, 2.75) is 45.5 Å². The average molecular weight is 300 g/mol.